The summed E-state index contributed by atoms with van der Waals surface area (Å²) in [6.07, 6.45) is 0. The SMILES string of the molecule is Cc1nc2c(I)cccc2s1. The molecule has 2 rings (SSSR count). The van der Waals surface area contributed by atoms with Crippen molar-refractivity contribution < 1.29 is 0 Å². The number of hydrogen-bond acceptors (Lipinski definition) is 2. The maximum Gasteiger partial charge on any atom is 0.0948 e. The van der Waals surface area contributed by atoms with Gasteiger partial charge in [-0.3, -0.25) is 0 Å². The lowest BCUT2D eigenvalue weighted by molar-refractivity contribution is 1.34. The van der Waals surface area contributed by atoms with Crippen LogP contribution in [-0.4, -0.2) is 4.98 Å². The minimum atomic E-state index is 1.14. The summed E-state index contributed by atoms with van der Waals surface area (Å²) in [6, 6.07) is 6.27. The first-order valence-corrected chi connectivity index (χ1v) is 5.18. The van der Waals surface area contributed by atoms with Gasteiger partial charge in [0.1, 0.15) is 0 Å². The summed E-state index contributed by atoms with van der Waals surface area (Å²) < 4.78 is 2.53. The van der Waals surface area contributed by atoms with Crippen molar-refractivity contribution in [3.8, 4) is 0 Å². The molecule has 0 N–H and O–H groups in total. The van der Waals surface area contributed by atoms with Crippen LogP contribution in [0.15, 0.2) is 18.2 Å². The van der Waals surface area contributed by atoms with Crippen molar-refractivity contribution in [3.63, 3.8) is 0 Å². The molecule has 0 unspecified atom stereocenters. The first-order valence-electron chi connectivity index (χ1n) is 3.29. The molecule has 56 valence electrons. The van der Waals surface area contributed by atoms with E-state index < -0.39 is 0 Å². The van der Waals surface area contributed by atoms with Crippen LogP contribution in [0.3, 0.4) is 0 Å². The molecule has 1 heterocycles. The van der Waals surface area contributed by atoms with Gasteiger partial charge >= 0.3 is 0 Å². The molecule has 0 fully saturated rings. The maximum absolute atomic E-state index is 4.42. The van der Waals surface area contributed by atoms with E-state index in [2.05, 4.69) is 45.8 Å². The normalized spacial score (nSPS) is 10.7. The number of rotatable bonds is 0. The molecule has 0 spiro atoms. The van der Waals surface area contributed by atoms with E-state index in [4.69, 9.17) is 0 Å². The van der Waals surface area contributed by atoms with Crippen molar-refractivity contribution in [1.82, 2.24) is 4.98 Å². The van der Waals surface area contributed by atoms with Gasteiger partial charge in [0, 0.05) is 3.57 Å². The second kappa shape index (κ2) is 2.71. The molecule has 1 aromatic heterocycles. The summed E-state index contributed by atoms with van der Waals surface area (Å²) in [4.78, 5) is 4.42. The van der Waals surface area contributed by atoms with E-state index in [1.54, 1.807) is 11.3 Å². The lowest BCUT2D eigenvalue weighted by Crippen LogP contribution is -1.73. The Labute approximate surface area is 82.6 Å². The number of aryl methyl sites for hydroxylation is 1. The van der Waals surface area contributed by atoms with Gasteiger partial charge in [-0.1, -0.05) is 6.07 Å². The van der Waals surface area contributed by atoms with Crippen LogP contribution in [0.25, 0.3) is 10.2 Å². The van der Waals surface area contributed by atoms with Gasteiger partial charge < -0.3 is 0 Å². The molecule has 1 nitrogen and oxygen atoms in total. The zero-order chi connectivity index (χ0) is 7.84. The number of nitrogens with zero attached hydrogens (tertiary/aromatic N) is 1. The van der Waals surface area contributed by atoms with Crippen molar-refractivity contribution in [3.05, 3.63) is 26.8 Å². The highest BCUT2D eigenvalue weighted by Crippen LogP contribution is 2.24. The third-order valence-electron chi connectivity index (χ3n) is 1.48. The Morgan fingerprint density at radius 3 is 3.00 bits per heavy atom. The van der Waals surface area contributed by atoms with Gasteiger partial charge in [0.15, 0.2) is 0 Å². The van der Waals surface area contributed by atoms with Gasteiger partial charge in [0.05, 0.1) is 15.2 Å². The molecule has 0 aliphatic heterocycles. The van der Waals surface area contributed by atoms with Crippen LogP contribution in [0.2, 0.25) is 0 Å². The summed E-state index contributed by atoms with van der Waals surface area (Å²) >= 11 is 4.07. The molecular weight excluding hydrogens is 269 g/mol. The van der Waals surface area contributed by atoms with E-state index in [0.717, 1.165) is 10.5 Å². The minimum Gasteiger partial charge on any atom is -0.240 e. The Bertz CT molecular complexity index is 394. The number of fused-ring (bicyclic) bond motifs is 1. The predicted octanol–water partition coefficient (Wildman–Crippen LogP) is 3.21. The van der Waals surface area contributed by atoms with E-state index in [-0.39, 0.29) is 0 Å². The van der Waals surface area contributed by atoms with Crippen LogP contribution < -0.4 is 0 Å². The monoisotopic (exact) mass is 275 g/mol. The topological polar surface area (TPSA) is 12.9 Å². The molecule has 0 aliphatic carbocycles. The first-order chi connectivity index (χ1) is 5.27. The smallest absolute Gasteiger partial charge is 0.0948 e. The lowest BCUT2D eigenvalue weighted by Gasteiger charge is -1.88. The number of thiazole rings is 1. The van der Waals surface area contributed by atoms with Crippen molar-refractivity contribution in [1.29, 1.82) is 0 Å². The number of hydrogen-bond donors (Lipinski definition) is 0. The number of aromatic nitrogens is 1. The van der Waals surface area contributed by atoms with Crippen LogP contribution in [0.5, 0.6) is 0 Å². The van der Waals surface area contributed by atoms with Crippen LogP contribution in [0.1, 0.15) is 5.01 Å². The van der Waals surface area contributed by atoms with Gasteiger partial charge in [-0.05, 0) is 41.6 Å². The molecule has 1 aromatic carbocycles. The Balaban J connectivity index is 2.90. The molecule has 0 saturated heterocycles. The van der Waals surface area contributed by atoms with Gasteiger partial charge in [0.2, 0.25) is 0 Å². The molecule has 0 saturated carbocycles. The summed E-state index contributed by atoms with van der Waals surface area (Å²) in [7, 11) is 0. The Hall–Kier alpha value is -0.160. The molecule has 0 aliphatic rings. The van der Waals surface area contributed by atoms with E-state index in [0.29, 0.717) is 0 Å². The Kier molecular flexibility index (Phi) is 1.85. The second-order valence-corrected chi connectivity index (χ2v) is 4.72. The van der Waals surface area contributed by atoms with Crippen LogP contribution in [0.4, 0.5) is 0 Å². The van der Waals surface area contributed by atoms with E-state index in [1.165, 1.54) is 8.27 Å². The Morgan fingerprint density at radius 1 is 1.45 bits per heavy atom. The van der Waals surface area contributed by atoms with Crippen LogP contribution in [0, 0.1) is 10.5 Å². The second-order valence-electron chi connectivity index (χ2n) is 2.32. The number of halogens is 1. The highest BCUT2D eigenvalue weighted by Gasteiger charge is 2.01. The number of benzene rings is 1. The van der Waals surface area contributed by atoms with Gasteiger partial charge in [-0.2, -0.15) is 0 Å². The van der Waals surface area contributed by atoms with Crippen LogP contribution in [-0.2, 0) is 0 Å². The fourth-order valence-electron chi connectivity index (χ4n) is 1.03. The van der Waals surface area contributed by atoms with Crippen molar-refractivity contribution in [2.24, 2.45) is 0 Å². The standard InChI is InChI=1S/C8H6INS/c1-5-10-8-6(9)3-2-4-7(8)11-5/h2-4H,1H3. The third-order valence-corrected chi connectivity index (χ3v) is 3.28. The van der Waals surface area contributed by atoms with Crippen molar-refractivity contribution in [2.75, 3.05) is 0 Å². The highest BCUT2D eigenvalue weighted by atomic mass is 127. The quantitative estimate of drug-likeness (QED) is 0.673. The van der Waals surface area contributed by atoms with Gasteiger partial charge in [-0.15, -0.1) is 11.3 Å². The van der Waals surface area contributed by atoms with E-state index in [1.807, 2.05) is 6.92 Å². The average Bonchev–Trinajstić information content (AvgIpc) is 2.31. The number of para-hydroxylation sites is 1. The zero-order valence-electron chi connectivity index (χ0n) is 5.97. The molecule has 0 amide bonds. The molecule has 0 bridgehead atoms. The summed E-state index contributed by atoms with van der Waals surface area (Å²) in [6.45, 7) is 2.04. The predicted molar refractivity (Wildman–Crippen MR) is 57.1 cm³/mol. The van der Waals surface area contributed by atoms with Crippen molar-refractivity contribution in [2.45, 2.75) is 6.92 Å². The van der Waals surface area contributed by atoms with Crippen molar-refractivity contribution >= 4 is 44.1 Å². The molecule has 3 heteroatoms. The molecule has 0 radical (unpaired) electrons. The Morgan fingerprint density at radius 2 is 2.27 bits per heavy atom. The summed E-state index contributed by atoms with van der Waals surface area (Å²) in [5.74, 6) is 0. The largest absolute Gasteiger partial charge is 0.240 e. The van der Waals surface area contributed by atoms with Gasteiger partial charge in [-0.25, -0.2) is 4.98 Å². The van der Waals surface area contributed by atoms with E-state index in [9.17, 15) is 0 Å². The minimum absolute atomic E-state index is 1.14. The fourth-order valence-corrected chi connectivity index (χ4v) is 2.68. The third kappa shape index (κ3) is 1.27. The highest BCUT2D eigenvalue weighted by molar-refractivity contribution is 14.1. The van der Waals surface area contributed by atoms with Crippen LogP contribution >= 0.6 is 33.9 Å². The zero-order valence-corrected chi connectivity index (χ0v) is 8.94. The summed E-state index contributed by atoms with van der Waals surface area (Å²) in [5, 5.41) is 1.14. The lowest BCUT2D eigenvalue weighted by atomic mass is 10.3. The fraction of sp³-hybridized carbons (Fsp3) is 0.125. The molecule has 0 atom stereocenters. The molecule has 2 aromatic rings. The molecular formula is C8H6INS. The first kappa shape index (κ1) is 7.49. The van der Waals surface area contributed by atoms with E-state index >= 15 is 0 Å². The average molecular weight is 275 g/mol. The molecule has 11 heavy (non-hydrogen) atoms. The van der Waals surface area contributed by atoms with Gasteiger partial charge in [0.25, 0.3) is 0 Å². The summed E-state index contributed by atoms with van der Waals surface area (Å²) in [5.41, 5.74) is 1.15. The maximum atomic E-state index is 4.42.